The van der Waals surface area contributed by atoms with Crippen molar-refractivity contribution in [3.63, 3.8) is 0 Å². The fourth-order valence-electron chi connectivity index (χ4n) is 2.55. The fourth-order valence-corrected chi connectivity index (χ4v) is 2.78. The molecule has 2 aromatic rings. The molecule has 0 aromatic heterocycles. The van der Waals surface area contributed by atoms with Crippen molar-refractivity contribution in [3.05, 3.63) is 63.8 Å². The van der Waals surface area contributed by atoms with Crippen LogP contribution < -0.4 is 20.1 Å². The summed E-state index contributed by atoms with van der Waals surface area (Å²) in [5, 5.41) is 5.78. The Labute approximate surface area is 169 Å². The molecule has 2 rings (SSSR count). The number of methoxy groups -OCH3 is 2. The van der Waals surface area contributed by atoms with Gasteiger partial charge >= 0.3 is 0 Å². The molecule has 148 valence electrons. The van der Waals surface area contributed by atoms with Crippen LogP contribution in [0.3, 0.4) is 0 Å². The van der Waals surface area contributed by atoms with Crippen LogP contribution in [0.5, 0.6) is 11.5 Å². The Morgan fingerprint density at radius 2 is 1.75 bits per heavy atom. The summed E-state index contributed by atoms with van der Waals surface area (Å²) in [5.41, 5.74) is 2.63. The number of carbonyl (C=O) groups excluding carboxylic acids is 2. The second-order valence-corrected chi connectivity index (χ2v) is 6.48. The highest BCUT2D eigenvalue weighted by atomic mass is 35.5. The third-order valence-corrected chi connectivity index (χ3v) is 4.39. The van der Waals surface area contributed by atoms with Crippen LogP contribution in [0.15, 0.2) is 42.1 Å². The van der Waals surface area contributed by atoms with Gasteiger partial charge in [0.1, 0.15) is 5.70 Å². The molecule has 6 nitrogen and oxygen atoms in total. The SMILES string of the molecule is COc1cc(Cl)c(CNC(=O)/C(=C/c2ccccc2C)NC(C)=O)cc1OC. The van der Waals surface area contributed by atoms with Crippen LogP contribution in [0.2, 0.25) is 5.02 Å². The summed E-state index contributed by atoms with van der Waals surface area (Å²) in [7, 11) is 3.04. The number of benzene rings is 2. The molecule has 0 aliphatic heterocycles. The molecule has 2 aromatic carbocycles. The van der Waals surface area contributed by atoms with E-state index in [-0.39, 0.29) is 18.1 Å². The highest BCUT2D eigenvalue weighted by Gasteiger charge is 2.14. The summed E-state index contributed by atoms with van der Waals surface area (Å²) in [5.74, 6) is 0.248. The average molecular weight is 403 g/mol. The number of halogens is 1. The van der Waals surface area contributed by atoms with Crippen LogP contribution in [0.25, 0.3) is 6.08 Å². The number of nitrogens with one attached hydrogen (secondary N) is 2. The van der Waals surface area contributed by atoms with Crippen molar-refractivity contribution in [3.8, 4) is 11.5 Å². The van der Waals surface area contributed by atoms with Gasteiger partial charge in [0.05, 0.1) is 14.2 Å². The predicted octanol–water partition coefficient (Wildman–Crippen LogP) is 3.46. The predicted molar refractivity (Wildman–Crippen MR) is 109 cm³/mol. The van der Waals surface area contributed by atoms with Crippen LogP contribution in [-0.2, 0) is 16.1 Å². The van der Waals surface area contributed by atoms with E-state index in [1.165, 1.54) is 21.1 Å². The van der Waals surface area contributed by atoms with Crippen LogP contribution in [0, 0.1) is 6.92 Å². The third kappa shape index (κ3) is 5.50. The molecule has 7 heteroatoms. The number of aryl methyl sites for hydroxylation is 1. The van der Waals surface area contributed by atoms with Crippen molar-refractivity contribution < 1.29 is 19.1 Å². The molecule has 2 N–H and O–H groups in total. The van der Waals surface area contributed by atoms with Gasteiger partial charge in [-0.2, -0.15) is 0 Å². The van der Waals surface area contributed by atoms with E-state index in [0.29, 0.717) is 22.1 Å². The Bertz CT molecular complexity index is 909. The monoisotopic (exact) mass is 402 g/mol. The molecule has 2 amide bonds. The molecule has 0 saturated heterocycles. The minimum absolute atomic E-state index is 0.151. The van der Waals surface area contributed by atoms with Crippen molar-refractivity contribution in [2.24, 2.45) is 0 Å². The van der Waals surface area contributed by atoms with E-state index in [1.807, 2.05) is 31.2 Å². The first-order valence-electron chi connectivity index (χ1n) is 8.59. The molecule has 0 radical (unpaired) electrons. The second kappa shape index (κ2) is 9.80. The first-order valence-corrected chi connectivity index (χ1v) is 8.97. The maximum atomic E-state index is 12.7. The molecule has 0 saturated carbocycles. The number of hydrogen-bond acceptors (Lipinski definition) is 4. The van der Waals surface area contributed by atoms with Crippen LogP contribution in [-0.4, -0.2) is 26.0 Å². The number of carbonyl (C=O) groups is 2. The van der Waals surface area contributed by atoms with Crippen molar-refractivity contribution in [1.82, 2.24) is 10.6 Å². The van der Waals surface area contributed by atoms with Gasteiger partial charge in [-0.1, -0.05) is 35.9 Å². The minimum Gasteiger partial charge on any atom is -0.493 e. The standard InChI is InChI=1S/C21H23ClN2O4/c1-13-7-5-6-8-15(13)9-18(24-14(2)25)21(26)23-12-16-10-19(27-3)20(28-4)11-17(16)22/h5-11H,12H2,1-4H3,(H,23,26)(H,24,25)/b18-9-. The van der Waals surface area contributed by atoms with Gasteiger partial charge in [-0.3, -0.25) is 9.59 Å². The van der Waals surface area contributed by atoms with Gasteiger partial charge in [-0.25, -0.2) is 0 Å². The second-order valence-electron chi connectivity index (χ2n) is 6.08. The van der Waals surface area contributed by atoms with Crippen molar-refractivity contribution in [2.45, 2.75) is 20.4 Å². The van der Waals surface area contributed by atoms with Crippen LogP contribution in [0.4, 0.5) is 0 Å². The molecule has 0 bridgehead atoms. The molecule has 0 heterocycles. The maximum Gasteiger partial charge on any atom is 0.268 e. The molecule has 28 heavy (non-hydrogen) atoms. The van der Waals surface area contributed by atoms with E-state index in [1.54, 1.807) is 18.2 Å². The molecule has 0 aliphatic carbocycles. The van der Waals surface area contributed by atoms with E-state index in [4.69, 9.17) is 21.1 Å². The average Bonchev–Trinajstić information content (AvgIpc) is 2.67. The quantitative estimate of drug-likeness (QED) is 0.695. The van der Waals surface area contributed by atoms with E-state index < -0.39 is 5.91 Å². The minimum atomic E-state index is -0.427. The van der Waals surface area contributed by atoms with E-state index in [0.717, 1.165) is 11.1 Å². The van der Waals surface area contributed by atoms with Crippen molar-refractivity contribution in [2.75, 3.05) is 14.2 Å². The molecule has 0 fully saturated rings. The van der Waals surface area contributed by atoms with Gasteiger partial charge in [-0.05, 0) is 35.8 Å². The Morgan fingerprint density at radius 1 is 1.11 bits per heavy atom. The van der Waals surface area contributed by atoms with Crippen molar-refractivity contribution >= 4 is 29.5 Å². The largest absolute Gasteiger partial charge is 0.493 e. The molecular formula is C21H23ClN2O4. The zero-order valence-corrected chi connectivity index (χ0v) is 17.0. The number of ether oxygens (including phenoxy) is 2. The lowest BCUT2D eigenvalue weighted by Crippen LogP contribution is -2.33. The van der Waals surface area contributed by atoms with E-state index >= 15 is 0 Å². The lowest BCUT2D eigenvalue weighted by atomic mass is 10.1. The van der Waals surface area contributed by atoms with Gasteiger partial charge in [0.25, 0.3) is 5.91 Å². The molecule has 0 unspecified atom stereocenters. The van der Waals surface area contributed by atoms with Gasteiger partial charge in [0, 0.05) is 24.6 Å². The smallest absolute Gasteiger partial charge is 0.268 e. The normalized spacial score (nSPS) is 11.0. The van der Waals surface area contributed by atoms with Gasteiger partial charge in [0.2, 0.25) is 5.91 Å². The Morgan fingerprint density at radius 3 is 2.36 bits per heavy atom. The van der Waals surface area contributed by atoms with Gasteiger partial charge in [0.15, 0.2) is 11.5 Å². The highest BCUT2D eigenvalue weighted by Crippen LogP contribution is 2.33. The number of amides is 2. The highest BCUT2D eigenvalue weighted by molar-refractivity contribution is 6.31. The first kappa shape index (κ1) is 21.3. The summed E-state index contributed by atoms with van der Waals surface area (Å²) in [4.78, 5) is 24.2. The fraction of sp³-hybridized carbons (Fsp3) is 0.238. The van der Waals surface area contributed by atoms with Crippen LogP contribution in [0.1, 0.15) is 23.6 Å². The lowest BCUT2D eigenvalue weighted by Gasteiger charge is -2.14. The van der Waals surface area contributed by atoms with E-state index in [9.17, 15) is 9.59 Å². The van der Waals surface area contributed by atoms with Gasteiger partial charge in [-0.15, -0.1) is 0 Å². The van der Waals surface area contributed by atoms with Gasteiger partial charge < -0.3 is 20.1 Å². The zero-order valence-electron chi connectivity index (χ0n) is 16.3. The van der Waals surface area contributed by atoms with E-state index in [2.05, 4.69) is 10.6 Å². The Hall–Kier alpha value is -2.99. The summed E-state index contributed by atoms with van der Waals surface area (Å²) in [6, 6.07) is 10.9. The van der Waals surface area contributed by atoms with Crippen LogP contribution >= 0.6 is 11.6 Å². The zero-order chi connectivity index (χ0) is 20.7. The summed E-state index contributed by atoms with van der Waals surface area (Å²) in [6.45, 7) is 3.44. The molecule has 0 spiro atoms. The lowest BCUT2D eigenvalue weighted by molar-refractivity contribution is -0.122. The topological polar surface area (TPSA) is 76.7 Å². The molecule has 0 aliphatic rings. The maximum absolute atomic E-state index is 12.7. The summed E-state index contributed by atoms with van der Waals surface area (Å²) in [6.07, 6.45) is 1.64. The number of rotatable bonds is 7. The summed E-state index contributed by atoms with van der Waals surface area (Å²) >= 11 is 6.26. The summed E-state index contributed by atoms with van der Waals surface area (Å²) < 4.78 is 10.5. The Kier molecular flexibility index (Phi) is 7.46. The Balaban J connectivity index is 2.23. The van der Waals surface area contributed by atoms with Crippen molar-refractivity contribution in [1.29, 1.82) is 0 Å². The first-order chi connectivity index (χ1) is 13.3. The molecular weight excluding hydrogens is 380 g/mol. The molecule has 0 atom stereocenters. The third-order valence-electron chi connectivity index (χ3n) is 4.04. The number of hydrogen-bond donors (Lipinski definition) is 2.